The summed E-state index contributed by atoms with van der Waals surface area (Å²) in [5.41, 5.74) is 2.40. The summed E-state index contributed by atoms with van der Waals surface area (Å²) in [5.74, 6) is -2.79. The zero-order valence-corrected chi connectivity index (χ0v) is 27.8. The fourth-order valence-corrected chi connectivity index (χ4v) is 7.93. The van der Waals surface area contributed by atoms with Crippen molar-refractivity contribution in [1.82, 2.24) is 14.4 Å². The fraction of sp³-hybridized carbons (Fsp3) is 0.514. The lowest BCUT2D eigenvalue weighted by atomic mass is 9.87. The van der Waals surface area contributed by atoms with Crippen molar-refractivity contribution in [2.45, 2.75) is 76.2 Å². The number of likely N-dealkylation sites (tertiary alicyclic amines) is 2. The van der Waals surface area contributed by atoms with E-state index in [1.54, 1.807) is 18.3 Å². The molecule has 3 fully saturated rings. The van der Waals surface area contributed by atoms with Gasteiger partial charge in [-0.25, -0.2) is 0 Å². The lowest BCUT2D eigenvalue weighted by molar-refractivity contribution is -0.258. The normalized spacial score (nSPS) is 22.5. The van der Waals surface area contributed by atoms with E-state index >= 15 is 0 Å². The molecule has 2 aromatic carbocycles. The highest BCUT2D eigenvalue weighted by Crippen LogP contribution is 2.38. The number of rotatable bonds is 10. The van der Waals surface area contributed by atoms with Gasteiger partial charge >= 0.3 is 5.97 Å². The van der Waals surface area contributed by atoms with Gasteiger partial charge in [-0.15, -0.1) is 0 Å². The Morgan fingerprint density at radius 2 is 1.54 bits per heavy atom. The summed E-state index contributed by atoms with van der Waals surface area (Å²) in [6, 6.07) is 11.0. The molecule has 3 aliphatic rings. The number of ether oxygens (including phenoxy) is 1. The number of carbonyl (C=O) groups is 3. The Kier molecular flexibility index (Phi) is 10.1. The summed E-state index contributed by atoms with van der Waals surface area (Å²) >= 11 is 13.6. The van der Waals surface area contributed by atoms with Gasteiger partial charge in [0.15, 0.2) is 5.78 Å². The number of carboxylic acids is 1. The van der Waals surface area contributed by atoms with Gasteiger partial charge in [0.1, 0.15) is 0 Å². The molecule has 2 aliphatic heterocycles. The van der Waals surface area contributed by atoms with Gasteiger partial charge in [-0.1, -0.05) is 47.8 Å². The zero-order valence-electron chi connectivity index (χ0n) is 26.3. The van der Waals surface area contributed by atoms with Gasteiger partial charge in [0.05, 0.1) is 28.3 Å². The van der Waals surface area contributed by atoms with E-state index in [2.05, 4.69) is 15.1 Å². The molecule has 3 aromatic rings. The number of nitrogens with one attached hydrogen (secondary N) is 1. The van der Waals surface area contributed by atoms with E-state index in [1.165, 1.54) is 0 Å². The number of halogens is 2. The number of aliphatic carboxylic acids is 1. The van der Waals surface area contributed by atoms with Crippen molar-refractivity contribution in [3.05, 3.63) is 63.8 Å². The molecule has 2 saturated heterocycles. The largest absolute Gasteiger partial charge is 0.481 e. The third kappa shape index (κ3) is 6.58. The molecular weight excluding hydrogens is 627 g/mol. The van der Waals surface area contributed by atoms with Crippen LogP contribution in [0, 0.1) is 5.92 Å². The number of fused-ring (bicyclic) bond motifs is 1. The van der Waals surface area contributed by atoms with E-state index in [4.69, 9.17) is 27.9 Å². The molecule has 3 heterocycles. The minimum atomic E-state index is -1.26. The lowest BCUT2D eigenvalue weighted by Gasteiger charge is -2.51. The van der Waals surface area contributed by atoms with Crippen molar-refractivity contribution in [3.63, 3.8) is 0 Å². The lowest BCUT2D eigenvalue weighted by Crippen LogP contribution is -2.68. The Balaban J connectivity index is 1.26. The Morgan fingerprint density at radius 3 is 2.20 bits per heavy atom. The number of aryl methyl sites for hydroxylation is 1. The predicted octanol–water partition coefficient (Wildman–Crippen LogP) is 6.74. The number of anilines is 1. The summed E-state index contributed by atoms with van der Waals surface area (Å²) in [6.45, 7) is 3.00. The summed E-state index contributed by atoms with van der Waals surface area (Å²) in [5, 5.41) is 13.9. The molecular formula is C35H42Cl2N4O5. The quantitative estimate of drug-likeness (QED) is 0.246. The molecule has 0 bridgehead atoms. The number of hydrogen-bond acceptors (Lipinski definition) is 6. The first-order chi connectivity index (χ1) is 22.2. The average Bonchev–Trinajstić information content (AvgIpc) is 3.72. The van der Waals surface area contributed by atoms with Crippen LogP contribution >= 0.6 is 23.2 Å². The van der Waals surface area contributed by atoms with Crippen molar-refractivity contribution in [2.75, 3.05) is 31.5 Å². The third-order valence-electron chi connectivity index (χ3n) is 9.91. The first-order valence-electron chi connectivity index (χ1n) is 16.4. The smallest absolute Gasteiger partial charge is 0.306 e. The molecule has 1 aliphatic carbocycles. The molecule has 11 heteroatoms. The van der Waals surface area contributed by atoms with Crippen LogP contribution in [0.1, 0.15) is 73.7 Å². The number of amides is 1. The van der Waals surface area contributed by atoms with Crippen LogP contribution in [-0.2, 0) is 27.8 Å². The minimum Gasteiger partial charge on any atom is -0.481 e. The molecule has 1 amide bonds. The van der Waals surface area contributed by atoms with Gasteiger partial charge in [0.2, 0.25) is 5.85 Å². The molecule has 46 heavy (non-hydrogen) atoms. The van der Waals surface area contributed by atoms with Crippen LogP contribution in [0.15, 0.2) is 42.6 Å². The molecule has 1 atom stereocenters. The van der Waals surface area contributed by atoms with Crippen molar-refractivity contribution >= 4 is 57.5 Å². The average molecular weight is 670 g/mol. The number of para-hydroxylation sites is 1. The summed E-state index contributed by atoms with van der Waals surface area (Å²) in [6.07, 6.45) is 8.90. The van der Waals surface area contributed by atoms with Gasteiger partial charge in [-0.3, -0.25) is 24.2 Å². The number of carboxylic acid groups (broad SMARTS) is 1. The minimum absolute atomic E-state index is 0.00751. The van der Waals surface area contributed by atoms with Gasteiger partial charge in [-0.05, 0) is 75.1 Å². The van der Waals surface area contributed by atoms with Gasteiger partial charge in [-0.2, -0.15) is 0 Å². The van der Waals surface area contributed by atoms with E-state index in [-0.39, 0.29) is 30.1 Å². The molecule has 0 spiro atoms. The second kappa shape index (κ2) is 14.0. The van der Waals surface area contributed by atoms with Crippen LogP contribution in [0.25, 0.3) is 10.9 Å². The highest BCUT2D eigenvalue weighted by atomic mass is 35.5. The second-order valence-corrected chi connectivity index (χ2v) is 13.7. The summed E-state index contributed by atoms with van der Waals surface area (Å²) < 4.78 is 8.88. The molecule has 1 saturated carbocycles. The highest BCUT2D eigenvalue weighted by Gasteiger charge is 2.52. The highest BCUT2D eigenvalue weighted by molar-refractivity contribution is 6.36. The topological polar surface area (TPSA) is 104 Å². The van der Waals surface area contributed by atoms with Gasteiger partial charge in [0, 0.05) is 61.8 Å². The van der Waals surface area contributed by atoms with Gasteiger partial charge in [0.25, 0.3) is 5.91 Å². The Labute approximate surface area is 279 Å². The first kappa shape index (κ1) is 33.0. The maximum Gasteiger partial charge on any atom is 0.306 e. The van der Waals surface area contributed by atoms with Crippen molar-refractivity contribution < 1.29 is 24.2 Å². The van der Waals surface area contributed by atoms with Crippen LogP contribution < -0.4 is 5.32 Å². The van der Waals surface area contributed by atoms with Crippen LogP contribution in [0.5, 0.6) is 0 Å². The van der Waals surface area contributed by atoms with E-state index in [0.717, 1.165) is 69.2 Å². The third-order valence-corrected chi connectivity index (χ3v) is 10.6. The predicted molar refractivity (Wildman–Crippen MR) is 179 cm³/mol. The molecule has 1 unspecified atom stereocenters. The van der Waals surface area contributed by atoms with Crippen LogP contribution in [0.2, 0.25) is 10.0 Å². The Hall–Kier alpha value is -2.95. The summed E-state index contributed by atoms with van der Waals surface area (Å²) in [7, 11) is 1.89. The van der Waals surface area contributed by atoms with E-state index in [9.17, 15) is 19.5 Å². The SMILES string of the molecule is Cn1cc(C(=O)Nc2cc(Cl)c(CC(=O)C(O[C@H]3CC[C@H](C(=O)O)CC3)(N3CCCCC3)N3CCCC3)cc2Cl)c2ccccc21. The monoisotopic (exact) mass is 668 g/mol. The standard InChI is InChI=1S/C35H42Cl2N4O5/c1-39-22-27(26-9-3-4-10-31(26)39)33(43)38-30-21-28(36)24(19-29(30)37)20-32(42)35(41-17-7-8-18-41,40-15-5-2-6-16-40)46-25-13-11-23(12-14-25)34(44)45/h3-4,9-10,19,21-23,25H,2,5-8,11-18,20H2,1H3,(H,38,43)(H,44,45)/t23-,25-,35?. The first-order valence-corrected chi connectivity index (χ1v) is 17.2. The summed E-state index contributed by atoms with van der Waals surface area (Å²) in [4.78, 5) is 44.1. The number of hydrogen-bond donors (Lipinski definition) is 2. The molecule has 9 nitrogen and oxygen atoms in total. The van der Waals surface area contributed by atoms with Crippen LogP contribution in [0.3, 0.4) is 0 Å². The van der Waals surface area contributed by atoms with Crippen molar-refractivity contribution in [1.29, 1.82) is 0 Å². The van der Waals surface area contributed by atoms with Crippen LogP contribution in [-0.4, -0.2) is 75.3 Å². The number of benzene rings is 2. The molecule has 6 rings (SSSR count). The number of aromatic nitrogens is 1. The Morgan fingerprint density at radius 1 is 0.913 bits per heavy atom. The molecule has 0 radical (unpaired) electrons. The van der Waals surface area contributed by atoms with E-state index < -0.39 is 11.8 Å². The number of Topliss-reactive ketones (excluding diaryl/α,β-unsaturated/α-hetero) is 1. The van der Waals surface area contributed by atoms with Crippen molar-refractivity contribution in [2.24, 2.45) is 13.0 Å². The number of ketones is 1. The zero-order chi connectivity index (χ0) is 32.4. The van der Waals surface area contributed by atoms with E-state index in [0.29, 0.717) is 52.5 Å². The second-order valence-electron chi connectivity index (χ2n) is 12.9. The van der Waals surface area contributed by atoms with E-state index in [1.807, 2.05) is 35.9 Å². The van der Waals surface area contributed by atoms with Gasteiger partial charge < -0.3 is 19.7 Å². The molecule has 1 aromatic heterocycles. The Bertz CT molecular complexity index is 1610. The van der Waals surface area contributed by atoms with Crippen LogP contribution in [0.4, 0.5) is 5.69 Å². The maximum absolute atomic E-state index is 14.7. The number of piperidine rings is 1. The van der Waals surface area contributed by atoms with Crippen molar-refractivity contribution in [3.8, 4) is 0 Å². The molecule has 246 valence electrons. The fourth-order valence-electron chi connectivity index (χ4n) is 7.46. The number of nitrogens with zero attached hydrogens (tertiary/aromatic N) is 3. The molecule has 2 N–H and O–H groups in total. The number of carbonyl (C=O) groups excluding carboxylic acids is 2. The maximum atomic E-state index is 14.7.